The molecule has 2 aromatic carbocycles. The van der Waals surface area contributed by atoms with Crippen molar-refractivity contribution in [2.45, 2.75) is 11.4 Å². The molecule has 0 aromatic heterocycles. The second-order valence-corrected chi connectivity index (χ2v) is 6.89. The summed E-state index contributed by atoms with van der Waals surface area (Å²) in [7, 11) is -2.16. The molecular formula is C15H14ClN3O3S. The first-order chi connectivity index (χ1) is 11.0. The van der Waals surface area contributed by atoms with Gasteiger partial charge in [-0.05, 0) is 35.9 Å². The molecule has 0 bridgehead atoms. The fraction of sp³-hybridized carbons (Fsp3) is 0.133. The Morgan fingerprint density at radius 2 is 2.09 bits per heavy atom. The summed E-state index contributed by atoms with van der Waals surface area (Å²) in [6, 6.07) is 12.0. The number of ether oxygens (including phenoxy) is 1. The Morgan fingerprint density at radius 3 is 2.87 bits per heavy atom. The Balaban J connectivity index is 1.80. The number of rotatable bonds is 3. The number of methoxy groups -OCH3 is 1. The molecule has 6 nitrogen and oxygen atoms in total. The van der Waals surface area contributed by atoms with E-state index in [-0.39, 0.29) is 10.9 Å². The van der Waals surface area contributed by atoms with Gasteiger partial charge in [-0.1, -0.05) is 23.7 Å². The molecule has 0 unspecified atom stereocenters. The van der Waals surface area contributed by atoms with Crippen LogP contribution in [0.2, 0.25) is 5.02 Å². The molecule has 1 heterocycles. The number of sulfonamides is 1. The second-order valence-electron chi connectivity index (χ2n) is 4.89. The predicted molar refractivity (Wildman–Crippen MR) is 89.5 cm³/mol. The summed E-state index contributed by atoms with van der Waals surface area (Å²) in [6.07, 6.45) is 0. The van der Waals surface area contributed by atoms with Gasteiger partial charge in [0.05, 0.1) is 12.8 Å². The Morgan fingerprint density at radius 1 is 1.26 bits per heavy atom. The van der Waals surface area contributed by atoms with Crippen molar-refractivity contribution in [3.63, 3.8) is 0 Å². The van der Waals surface area contributed by atoms with Crippen LogP contribution in [0.1, 0.15) is 5.56 Å². The minimum absolute atomic E-state index is 0.105. The van der Waals surface area contributed by atoms with E-state index < -0.39 is 10.0 Å². The molecule has 1 aliphatic rings. The lowest BCUT2D eigenvalue weighted by atomic mass is 10.2. The number of benzene rings is 2. The average molecular weight is 352 g/mol. The average Bonchev–Trinajstić information content (AvgIpc) is 2.52. The van der Waals surface area contributed by atoms with E-state index in [4.69, 9.17) is 16.3 Å². The zero-order valence-electron chi connectivity index (χ0n) is 12.2. The van der Waals surface area contributed by atoms with Gasteiger partial charge in [-0.15, -0.1) is 4.40 Å². The lowest BCUT2D eigenvalue weighted by molar-refractivity contribution is 0.414. The van der Waals surface area contributed by atoms with Crippen molar-refractivity contribution in [1.29, 1.82) is 0 Å². The second kappa shape index (κ2) is 6.10. The van der Waals surface area contributed by atoms with Gasteiger partial charge in [0, 0.05) is 11.6 Å². The number of hydrogen-bond acceptors (Lipinski definition) is 5. The number of anilines is 1. The number of halogens is 1. The minimum atomic E-state index is -3.75. The van der Waals surface area contributed by atoms with E-state index in [1.807, 2.05) is 24.3 Å². The van der Waals surface area contributed by atoms with Gasteiger partial charge in [-0.3, -0.25) is 0 Å². The third kappa shape index (κ3) is 3.40. The van der Waals surface area contributed by atoms with Crippen molar-refractivity contribution in [3.8, 4) is 5.75 Å². The molecular weight excluding hydrogens is 338 g/mol. The molecule has 0 amide bonds. The lowest BCUT2D eigenvalue weighted by Gasteiger charge is -2.19. The molecule has 8 heteroatoms. The summed E-state index contributed by atoms with van der Waals surface area (Å²) in [6.45, 7) is 0.397. The summed E-state index contributed by atoms with van der Waals surface area (Å²) < 4.78 is 33.2. The molecule has 0 saturated carbocycles. The fourth-order valence-corrected chi connectivity index (χ4v) is 3.44. The van der Waals surface area contributed by atoms with Crippen LogP contribution in [-0.2, 0) is 16.6 Å². The number of nitrogens with zero attached hydrogens (tertiary/aromatic N) is 1. The SMILES string of the molecule is COc1cccc(CNC2=NS(=O)(=O)c3ccc(Cl)cc3N2)c1. The van der Waals surface area contributed by atoms with Crippen LogP contribution in [0.5, 0.6) is 5.75 Å². The Hall–Kier alpha value is -2.25. The molecule has 1 aliphatic heterocycles. The smallest absolute Gasteiger partial charge is 0.287 e. The monoisotopic (exact) mass is 351 g/mol. The molecule has 0 aliphatic carbocycles. The molecule has 0 atom stereocenters. The quantitative estimate of drug-likeness (QED) is 0.888. The van der Waals surface area contributed by atoms with E-state index in [2.05, 4.69) is 15.0 Å². The van der Waals surface area contributed by atoms with E-state index in [0.717, 1.165) is 11.3 Å². The van der Waals surface area contributed by atoms with Crippen LogP contribution in [0.3, 0.4) is 0 Å². The summed E-state index contributed by atoms with van der Waals surface area (Å²) in [5.41, 5.74) is 1.34. The number of fused-ring (bicyclic) bond motifs is 1. The zero-order valence-corrected chi connectivity index (χ0v) is 13.8. The number of nitrogens with one attached hydrogen (secondary N) is 2. The van der Waals surface area contributed by atoms with E-state index in [9.17, 15) is 8.42 Å². The first-order valence-electron chi connectivity index (χ1n) is 6.76. The van der Waals surface area contributed by atoms with Crippen LogP contribution in [0.25, 0.3) is 0 Å². The molecule has 3 rings (SSSR count). The zero-order chi connectivity index (χ0) is 16.4. The van der Waals surface area contributed by atoms with E-state index in [0.29, 0.717) is 17.3 Å². The van der Waals surface area contributed by atoms with Crippen molar-refractivity contribution in [2.75, 3.05) is 12.4 Å². The fourth-order valence-electron chi connectivity index (χ4n) is 2.19. The van der Waals surface area contributed by atoms with Crippen LogP contribution in [-0.4, -0.2) is 21.5 Å². The standard InChI is InChI=1S/C15H14ClN3O3S/c1-22-12-4-2-3-10(7-12)9-17-15-18-13-8-11(16)5-6-14(13)23(20,21)19-15/h2-8H,9H2,1H3,(H2,17,18,19). The van der Waals surface area contributed by atoms with Gasteiger partial charge in [0.2, 0.25) is 5.96 Å². The maximum atomic E-state index is 12.2. The van der Waals surface area contributed by atoms with Crippen molar-refractivity contribution < 1.29 is 13.2 Å². The highest BCUT2D eigenvalue weighted by Crippen LogP contribution is 2.29. The highest BCUT2D eigenvalue weighted by Gasteiger charge is 2.24. The maximum Gasteiger partial charge on any atom is 0.287 e. The van der Waals surface area contributed by atoms with E-state index in [1.54, 1.807) is 13.2 Å². The van der Waals surface area contributed by atoms with Gasteiger partial charge >= 0.3 is 0 Å². The Labute approximate surface area is 139 Å². The van der Waals surface area contributed by atoms with Crippen molar-refractivity contribution in [3.05, 3.63) is 53.1 Å². The lowest BCUT2D eigenvalue weighted by Crippen LogP contribution is -2.34. The summed E-state index contributed by atoms with van der Waals surface area (Å²) in [5.74, 6) is 0.884. The van der Waals surface area contributed by atoms with Crippen molar-refractivity contribution in [2.24, 2.45) is 4.40 Å². The molecule has 2 N–H and O–H groups in total. The normalized spacial score (nSPS) is 15.1. The van der Waals surface area contributed by atoms with Crippen LogP contribution < -0.4 is 15.4 Å². The summed E-state index contributed by atoms with van der Waals surface area (Å²) in [5, 5.41) is 6.35. The predicted octanol–water partition coefficient (Wildman–Crippen LogP) is 2.61. The Kier molecular flexibility index (Phi) is 4.14. The first kappa shape index (κ1) is 15.6. The largest absolute Gasteiger partial charge is 0.497 e. The highest BCUT2D eigenvalue weighted by atomic mass is 35.5. The van der Waals surface area contributed by atoms with Gasteiger partial charge < -0.3 is 15.4 Å². The van der Waals surface area contributed by atoms with E-state index in [1.165, 1.54) is 12.1 Å². The van der Waals surface area contributed by atoms with Gasteiger partial charge in [0.15, 0.2) is 0 Å². The van der Waals surface area contributed by atoms with Crippen LogP contribution >= 0.6 is 11.6 Å². The molecule has 2 aromatic rings. The topological polar surface area (TPSA) is 79.8 Å². The molecule has 23 heavy (non-hydrogen) atoms. The highest BCUT2D eigenvalue weighted by molar-refractivity contribution is 7.90. The van der Waals surface area contributed by atoms with Crippen molar-refractivity contribution >= 4 is 33.3 Å². The van der Waals surface area contributed by atoms with Gasteiger partial charge in [-0.2, -0.15) is 8.42 Å². The third-order valence-corrected chi connectivity index (χ3v) is 4.85. The van der Waals surface area contributed by atoms with Crippen LogP contribution in [0.4, 0.5) is 5.69 Å². The third-order valence-electron chi connectivity index (χ3n) is 3.28. The molecule has 0 saturated heterocycles. The molecule has 120 valence electrons. The number of hydrogen-bond donors (Lipinski definition) is 2. The Bertz CT molecular complexity index is 881. The van der Waals surface area contributed by atoms with E-state index >= 15 is 0 Å². The van der Waals surface area contributed by atoms with Gasteiger partial charge in [0.1, 0.15) is 10.6 Å². The minimum Gasteiger partial charge on any atom is -0.497 e. The molecule has 0 spiro atoms. The van der Waals surface area contributed by atoms with Crippen LogP contribution in [0, 0.1) is 0 Å². The maximum absolute atomic E-state index is 12.2. The first-order valence-corrected chi connectivity index (χ1v) is 8.58. The van der Waals surface area contributed by atoms with Gasteiger partial charge in [-0.25, -0.2) is 0 Å². The molecule has 0 radical (unpaired) electrons. The summed E-state index contributed by atoms with van der Waals surface area (Å²) in [4.78, 5) is 0.105. The number of guanidine groups is 1. The van der Waals surface area contributed by atoms with Crippen LogP contribution in [0.15, 0.2) is 51.8 Å². The molecule has 0 fully saturated rings. The summed E-state index contributed by atoms with van der Waals surface area (Å²) >= 11 is 5.91. The van der Waals surface area contributed by atoms with Crippen molar-refractivity contribution in [1.82, 2.24) is 5.32 Å². The van der Waals surface area contributed by atoms with Gasteiger partial charge in [0.25, 0.3) is 10.0 Å².